The van der Waals surface area contributed by atoms with E-state index in [-0.39, 0.29) is 11.4 Å². The van der Waals surface area contributed by atoms with Gasteiger partial charge in [-0.05, 0) is 18.6 Å². The average Bonchev–Trinajstić information content (AvgIpc) is 3.12. The number of aryl methyl sites for hydroxylation is 1. The molecule has 1 aromatic heterocycles. The van der Waals surface area contributed by atoms with E-state index in [0.29, 0.717) is 44.8 Å². The lowest BCUT2D eigenvalue weighted by Gasteiger charge is -2.34. The molecular weight excluding hydrogens is 391 g/mol. The van der Waals surface area contributed by atoms with E-state index in [2.05, 4.69) is 5.10 Å². The molecule has 11 heteroatoms. The fourth-order valence-corrected chi connectivity index (χ4v) is 3.22. The zero-order valence-corrected chi connectivity index (χ0v) is 15.7. The molecule has 29 heavy (non-hydrogen) atoms. The number of nitrogens with zero attached hydrogens (tertiary/aromatic N) is 5. The maximum absolute atomic E-state index is 12.9. The van der Waals surface area contributed by atoms with Gasteiger partial charge in [0.2, 0.25) is 5.69 Å². The van der Waals surface area contributed by atoms with Crippen LogP contribution < -0.4 is 0 Å². The second kappa shape index (κ2) is 8.19. The first-order valence-corrected chi connectivity index (χ1v) is 9.08. The van der Waals surface area contributed by atoms with Gasteiger partial charge in [0.1, 0.15) is 6.20 Å². The zero-order valence-electron chi connectivity index (χ0n) is 15.7. The number of rotatable bonds is 5. The summed E-state index contributed by atoms with van der Waals surface area (Å²) in [6.45, 7) is 4.02. The monoisotopic (exact) mass is 411 g/mol. The average molecular weight is 411 g/mol. The Balaban J connectivity index is 1.63. The highest BCUT2D eigenvalue weighted by atomic mass is 19.4. The summed E-state index contributed by atoms with van der Waals surface area (Å²) in [5.74, 6) is -0.511. The van der Waals surface area contributed by atoms with Gasteiger partial charge in [-0.15, -0.1) is 0 Å². The number of amides is 1. The fourth-order valence-electron chi connectivity index (χ4n) is 3.22. The number of aromatic nitrogens is 2. The summed E-state index contributed by atoms with van der Waals surface area (Å²) in [4.78, 5) is 26.7. The summed E-state index contributed by atoms with van der Waals surface area (Å²) >= 11 is 0. The van der Waals surface area contributed by atoms with Crippen molar-refractivity contribution in [3.63, 3.8) is 0 Å². The predicted molar refractivity (Wildman–Crippen MR) is 97.2 cm³/mol. The largest absolute Gasteiger partial charge is 0.416 e. The Morgan fingerprint density at radius 3 is 2.52 bits per heavy atom. The molecule has 0 radical (unpaired) electrons. The van der Waals surface area contributed by atoms with Crippen molar-refractivity contribution < 1.29 is 22.9 Å². The van der Waals surface area contributed by atoms with Gasteiger partial charge in [-0.25, -0.2) is 0 Å². The van der Waals surface area contributed by atoms with Crippen molar-refractivity contribution in [3.05, 3.63) is 57.4 Å². The van der Waals surface area contributed by atoms with Crippen LogP contribution in [0.15, 0.2) is 30.5 Å². The lowest BCUT2D eigenvalue weighted by atomic mass is 10.1. The molecule has 0 unspecified atom stereocenters. The highest BCUT2D eigenvalue weighted by Gasteiger charge is 2.32. The van der Waals surface area contributed by atoms with Crippen molar-refractivity contribution in [1.82, 2.24) is 19.6 Å². The van der Waals surface area contributed by atoms with Crippen LogP contribution in [0.1, 0.15) is 28.5 Å². The van der Waals surface area contributed by atoms with E-state index in [0.717, 1.165) is 12.1 Å². The molecule has 0 spiro atoms. The van der Waals surface area contributed by atoms with Crippen LogP contribution in [0.25, 0.3) is 0 Å². The van der Waals surface area contributed by atoms with Gasteiger partial charge in [0.25, 0.3) is 5.91 Å². The highest BCUT2D eigenvalue weighted by molar-refractivity contribution is 5.96. The van der Waals surface area contributed by atoms with Crippen LogP contribution in [0.3, 0.4) is 0 Å². The Labute approximate surface area is 164 Å². The normalized spacial score (nSPS) is 15.5. The maximum Gasteiger partial charge on any atom is 0.416 e. The second-order valence-corrected chi connectivity index (χ2v) is 6.74. The first kappa shape index (κ1) is 20.8. The molecule has 1 aliphatic rings. The number of alkyl halides is 3. The maximum atomic E-state index is 12.9. The summed E-state index contributed by atoms with van der Waals surface area (Å²) in [6, 6.07) is 5.16. The van der Waals surface area contributed by atoms with Crippen molar-refractivity contribution in [2.24, 2.45) is 0 Å². The van der Waals surface area contributed by atoms with E-state index in [4.69, 9.17) is 0 Å². The van der Waals surface area contributed by atoms with E-state index in [1.807, 2.05) is 4.90 Å². The lowest BCUT2D eigenvalue weighted by Crippen LogP contribution is -2.48. The Morgan fingerprint density at radius 1 is 1.24 bits per heavy atom. The standard InChI is InChI=1S/C18H20F3N5O3/c1-2-25-12-15(26(28)29)16(22-25)17(27)24-8-6-23(7-9-24)11-13-4-3-5-14(10-13)18(19,20)21/h3-5,10,12H,2,6-9,11H2,1H3. The quantitative estimate of drug-likeness (QED) is 0.558. The van der Waals surface area contributed by atoms with Crippen LogP contribution in [0.5, 0.6) is 0 Å². The number of halogens is 3. The predicted octanol–water partition coefficient (Wildman–Crippen LogP) is 2.79. The number of carbonyl (C=O) groups is 1. The molecule has 0 aliphatic carbocycles. The number of nitro groups is 1. The number of benzene rings is 1. The van der Waals surface area contributed by atoms with Crippen molar-refractivity contribution in [2.45, 2.75) is 26.2 Å². The van der Waals surface area contributed by atoms with E-state index in [9.17, 15) is 28.1 Å². The molecule has 156 valence electrons. The van der Waals surface area contributed by atoms with Crippen LogP contribution in [-0.4, -0.2) is 56.6 Å². The summed E-state index contributed by atoms with van der Waals surface area (Å²) < 4.78 is 39.9. The van der Waals surface area contributed by atoms with Gasteiger partial charge in [-0.2, -0.15) is 18.3 Å². The molecule has 3 rings (SSSR count). The summed E-state index contributed by atoms with van der Waals surface area (Å²) in [5, 5.41) is 15.2. The van der Waals surface area contributed by atoms with Crippen LogP contribution in [0, 0.1) is 10.1 Å². The molecule has 2 heterocycles. The molecule has 1 fully saturated rings. The van der Waals surface area contributed by atoms with Crippen molar-refractivity contribution in [1.29, 1.82) is 0 Å². The van der Waals surface area contributed by atoms with Crippen molar-refractivity contribution in [2.75, 3.05) is 26.2 Å². The van der Waals surface area contributed by atoms with E-state index in [1.54, 1.807) is 13.0 Å². The van der Waals surface area contributed by atoms with Gasteiger partial charge in [-0.1, -0.05) is 18.2 Å². The first-order valence-electron chi connectivity index (χ1n) is 9.08. The number of hydrogen-bond acceptors (Lipinski definition) is 5. The van der Waals surface area contributed by atoms with E-state index >= 15 is 0 Å². The third kappa shape index (κ3) is 4.73. The minimum absolute atomic E-state index is 0.192. The third-order valence-corrected chi connectivity index (χ3v) is 4.79. The van der Waals surface area contributed by atoms with Crippen LogP contribution in [0.4, 0.5) is 18.9 Å². The van der Waals surface area contributed by atoms with Crippen LogP contribution in [0.2, 0.25) is 0 Å². The summed E-state index contributed by atoms with van der Waals surface area (Å²) in [6.07, 6.45) is -3.16. The molecule has 0 saturated carbocycles. The minimum Gasteiger partial charge on any atom is -0.334 e. The molecule has 0 atom stereocenters. The Kier molecular flexibility index (Phi) is 5.87. The third-order valence-electron chi connectivity index (χ3n) is 4.79. The van der Waals surface area contributed by atoms with Gasteiger partial charge in [0.05, 0.1) is 10.5 Å². The van der Waals surface area contributed by atoms with Gasteiger partial charge >= 0.3 is 11.9 Å². The molecule has 1 aromatic carbocycles. The molecule has 0 bridgehead atoms. The fraction of sp³-hybridized carbons (Fsp3) is 0.444. The van der Waals surface area contributed by atoms with Crippen LogP contribution >= 0.6 is 0 Å². The van der Waals surface area contributed by atoms with Crippen molar-refractivity contribution >= 4 is 11.6 Å². The smallest absolute Gasteiger partial charge is 0.334 e. The molecule has 0 N–H and O–H groups in total. The van der Waals surface area contributed by atoms with E-state index in [1.165, 1.54) is 21.8 Å². The molecule has 1 aliphatic heterocycles. The molecule has 8 nitrogen and oxygen atoms in total. The van der Waals surface area contributed by atoms with E-state index < -0.39 is 22.6 Å². The molecule has 1 saturated heterocycles. The van der Waals surface area contributed by atoms with Crippen molar-refractivity contribution in [3.8, 4) is 0 Å². The number of piperazine rings is 1. The molecular formula is C18H20F3N5O3. The Bertz CT molecular complexity index is 904. The first-order chi connectivity index (χ1) is 13.7. The highest BCUT2D eigenvalue weighted by Crippen LogP contribution is 2.30. The minimum atomic E-state index is -4.39. The topological polar surface area (TPSA) is 84.5 Å². The number of carbonyl (C=O) groups excluding carboxylic acids is 1. The SMILES string of the molecule is CCn1cc([N+](=O)[O-])c(C(=O)N2CCN(Cc3cccc(C(F)(F)F)c3)CC2)n1. The lowest BCUT2D eigenvalue weighted by molar-refractivity contribution is -0.385. The Hall–Kier alpha value is -2.95. The Morgan fingerprint density at radius 2 is 1.93 bits per heavy atom. The number of hydrogen-bond donors (Lipinski definition) is 0. The van der Waals surface area contributed by atoms with Crippen LogP contribution in [-0.2, 0) is 19.3 Å². The summed E-state index contributed by atoms with van der Waals surface area (Å²) in [5.41, 5.74) is -0.675. The summed E-state index contributed by atoms with van der Waals surface area (Å²) in [7, 11) is 0. The van der Waals surface area contributed by atoms with Gasteiger partial charge < -0.3 is 4.90 Å². The zero-order chi connectivity index (χ0) is 21.2. The second-order valence-electron chi connectivity index (χ2n) is 6.74. The molecule has 1 amide bonds. The van der Waals surface area contributed by atoms with Gasteiger partial charge in [0, 0.05) is 39.3 Å². The molecule has 2 aromatic rings. The van der Waals surface area contributed by atoms with Gasteiger partial charge in [-0.3, -0.25) is 24.5 Å². The van der Waals surface area contributed by atoms with Gasteiger partial charge in [0.15, 0.2) is 0 Å².